The van der Waals surface area contributed by atoms with Gasteiger partial charge in [0.15, 0.2) is 12.4 Å². The lowest BCUT2D eigenvalue weighted by molar-refractivity contribution is 0.0920. The van der Waals surface area contributed by atoms with E-state index in [0.29, 0.717) is 11.8 Å². The normalized spacial score (nSPS) is 14.4. The molecule has 1 saturated carbocycles. The summed E-state index contributed by atoms with van der Waals surface area (Å²) in [4.78, 5) is 12.5. The summed E-state index contributed by atoms with van der Waals surface area (Å²) in [5.74, 6) is 0.745. The summed E-state index contributed by atoms with van der Waals surface area (Å²) in [6.07, 6.45) is 2.43. The standard InChI is InChI=1S/C17H23N3O2/c1-10-8-15(12(3)20(10)14-6-7-14)16(21)9-22-17-11(2)18-19(5)13(17)4/h8,14H,6-7,9H2,1-5H3. The van der Waals surface area contributed by atoms with Crippen molar-refractivity contribution in [1.29, 1.82) is 0 Å². The average molecular weight is 301 g/mol. The number of ether oxygens (including phenoxy) is 1. The zero-order chi connectivity index (χ0) is 16.0. The van der Waals surface area contributed by atoms with Gasteiger partial charge in [0.2, 0.25) is 5.78 Å². The third-order valence-electron chi connectivity index (χ3n) is 4.49. The van der Waals surface area contributed by atoms with Gasteiger partial charge in [-0.3, -0.25) is 9.48 Å². The Hall–Kier alpha value is -2.04. The van der Waals surface area contributed by atoms with Crippen LogP contribution in [0.1, 0.15) is 52.0 Å². The second kappa shape index (κ2) is 5.30. The van der Waals surface area contributed by atoms with E-state index in [2.05, 4.69) is 16.6 Å². The highest BCUT2D eigenvalue weighted by Gasteiger charge is 2.28. The number of aromatic nitrogens is 3. The molecule has 0 bridgehead atoms. The molecule has 22 heavy (non-hydrogen) atoms. The van der Waals surface area contributed by atoms with Crippen LogP contribution in [0, 0.1) is 27.7 Å². The topological polar surface area (TPSA) is 49.1 Å². The summed E-state index contributed by atoms with van der Waals surface area (Å²) in [6.45, 7) is 7.99. The molecule has 0 saturated heterocycles. The van der Waals surface area contributed by atoms with Crippen molar-refractivity contribution in [3.8, 4) is 5.75 Å². The van der Waals surface area contributed by atoms with Crippen molar-refractivity contribution < 1.29 is 9.53 Å². The highest BCUT2D eigenvalue weighted by molar-refractivity contribution is 5.98. The molecule has 2 aromatic heterocycles. The number of aryl methyl sites for hydroxylation is 3. The first-order chi connectivity index (χ1) is 10.4. The molecule has 0 atom stereocenters. The Kier molecular flexibility index (Phi) is 3.59. The van der Waals surface area contributed by atoms with Crippen LogP contribution in [-0.2, 0) is 7.05 Å². The van der Waals surface area contributed by atoms with Gasteiger partial charge in [-0.15, -0.1) is 0 Å². The van der Waals surface area contributed by atoms with Gasteiger partial charge in [0.25, 0.3) is 0 Å². The minimum Gasteiger partial charge on any atom is -0.482 e. The first kappa shape index (κ1) is 14.9. The first-order valence-corrected chi connectivity index (χ1v) is 7.74. The molecule has 2 aromatic rings. The van der Waals surface area contributed by atoms with Crippen LogP contribution < -0.4 is 4.74 Å². The highest BCUT2D eigenvalue weighted by atomic mass is 16.5. The van der Waals surface area contributed by atoms with Gasteiger partial charge in [-0.05, 0) is 46.6 Å². The van der Waals surface area contributed by atoms with Crippen LogP contribution in [-0.4, -0.2) is 26.7 Å². The van der Waals surface area contributed by atoms with Crippen molar-refractivity contribution in [3.63, 3.8) is 0 Å². The van der Waals surface area contributed by atoms with Crippen molar-refractivity contribution in [2.75, 3.05) is 6.61 Å². The van der Waals surface area contributed by atoms with Gasteiger partial charge in [0, 0.05) is 30.0 Å². The van der Waals surface area contributed by atoms with Crippen LogP contribution >= 0.6 is 0 Å². The van der Waals surface area contributed by atoms with Crippen molar-refractivity contribution in [2.24, 2.45) is 7.05 Å². The minimum atomic E-state index is 0.0302. The van der Waals surface area contributed by atoms with Gasteiger partial charge in [-0.25, -0.2) is 0 Å². The second-order valence-electron chi connectivity index (χ2n) is 6.22. The fourth-order valence-electron chi connectivity index (χ4n) is 3.13. The molecule has 0 unspecified atom stereocenters. The summed E-state index contributed by atoms with van der Waals surface area (Å²) in [7, 11) is 1.88. The number of rotatable bonds is 5. The van der Waals surface area contributed by atoms with Gasteiger partial charge < -0.3 is 9.30 Å². The molecule has 1 aliphatic carbocycles. The predicted octanol–water partition coefficient (Wildman–Crippen LogP) is 3.05. The Bertz CT molecular complexity index is 736. The summed E-state index contributed by atoms with van der Waals surface area (Å²) >= 11 is 0. The van der Waals surface area contributed by atoms with Crippen LogP contribution in [0.3, 0.4) is 0 Å². The summed E-state index contributed by atoms with van der Waals surface area (Å²) in [5.41, 5.74) is 4.76. The van der Waals surface area contributed by atoms with Crippen LogP contribution in [0.25, 0.3) is 0 Å². The van der Waals surface area contributed by atoms with Crippen LogP contribution in [0.2, 0.25) is 0 Å². The molecular formula is C17H23N3O2. The lowest BCUT2D eigenvalue weighted by Crippen LogP contribution is -2.13. The second-order valence-corrected chi connectivity index (χ2v) is 6.22. The number of carbonyl (C=O) groups is 1. The maximum atomic E-state index is 12.5. The number of hydrogen-bond donors (Lipinski definition) is 0. The van der Waals surface area contributed by atoms with Gasteiger partial charge in [0.1, 0.15) is 5.69 Å². The smallest absolute Gasteiger partial charge is 0.202 e. The zero-order valence-electron chi connectivity index (χ0n) is 13.9. The zero-order valence-corrected chi connectivity index (χ0v) is 13.9. The third-order valence-corrected chi connectivity index (χ3v) is 4.49. The fourth-order valence-corrected chi connectivity index (χ4v) is 3.13. The van der Waals surface area contributed by atoms with E-state index in [1.165, 1.54) is 12.8 Å². The highest BCUT2D eigenvalue weighted by Crippen LogP contribution is 2.38. The summed E-state index contributed by atoms with van der Waals surface area (Å²) in [6, 6.07) is 2.58. The molecular weight excluding hydrogens is 278 g/mol. The molecule has 0 spiro atoms. The molecule has 2 heterocycles. The van der Waals surface area contributed by atoms with Gasteiger partial charge in [-0.1, -0.05) is 0 Å². The third kappa shape index (κ3) is 2.45. The number of nitrogens with zero attached hydrogens (tertiary/aromatic N) is 3. The molecule has 3 rings (SSSR count). The predicted molar refractivity (Wildman–Crippen MR) is 84.7 cm³/mol. The van der Waals surface area contributed by atoms with E-state index in [0.717, 1.165) is 28.3 Å². The Morgan fingerprint density at radius 2 is 1.95 bits per heavy atom. The maximum Gasteiger partial charge on any atom is 0.202 e. The molecule has 0 aromatic carbocycles. The number of ketones is 1. The Morgan fingerprint density at radius 3 is 2.50 bits per heavy atom. The lowest BCUT2D eigenvalue weighted by Gasteiger charge is -2.08. The van der Waals surface area contributed by atoms with E-state index in [-0.39, 0.29) is 12.4 Å². The van der Waals surface area contributed by atoms with E-state index in [1.54, 1.807) is 4.68 Å². The van der Waals surface area contributed by atoms with Crippen LogP contribution in [0.5, 0.6) is 5.75 Å². The number of carbonyl (C=O) groups excluding carboxylic acids is 1. The van der Waals surface area contributed by atoms with E-state index >= 15 is 0 Å². The molecule has 118 valence electrons. The van der Waals surface area contributed by atoms with E-state index in [1.807, 2.05) is 33.9 Å². The van der Waals surface area contributed by atoms with Crippen molar-refractivity contribution in [3.05, 3.63) is 34.4 Å². The molecule has 0 N–H and O–H groups in total. The molecule has 5 nitrogen and oxygen atoms in total. The lowest BCUT2D eigenvalue weighted by atomic mass is 10.1. The monoisotopic (exact) mass is 301 g/mol. The molecule has 5 heteroatoms. The summed E-state index contributed by atoms with van der Waals surface area (Å²) < 4.78 is 9.80. The van der Waals surface area contributed by atoms with Gasteiger partial charge in [-0.2, -0.15) is 5.10 Å². The molecule has 1 fully saturated rings. The Balaban J connectivity index is 1.76. The van der Waals surface area contributed by atoms with Crippen LogP contribution in [0.15, 0.2) is 6.07 Å². The quantitative estimate of drug-likeness (QED) is 0.798. The number of Topliss-reactive ketones (excluding diaryl/α,β-unsaturated/α-hetero) is 1. The Morgan fingerprint density at radius 1 is 1.27 bits per heavy atom. The fraction of sp³-hybridized carbons (Fsp3) is 0.529. The van der Waals surface area contributed by atoms with Gasteiger partial charge >= 0.3 is 0 Å². The van der Waals surface area contributed by atoms with Gasteiger partial charge in [0.05, 0.1) is 5.69 Å². The molecule has 0 amide bonds. The van der Waals surface area contributed by atoms with Crippen LogP contribution in [0.4, 0.5) is 0 Å². The Labute approximate surface area is 130 Å². The maximum absolute atomic E-state index is 12.5. The summed E-state index contributed by atoms with van der Waals surface area (Å²) in [5, 5.41) is 4.30. The molecule has 1 aliphatic rings. The van der Waals surface area contributed by atoms with E-state index in [9.17, 15) is 4.79 Å². The average Bonchev–Trinajstić information content (AvgIpc) is 3.19. The SMILES string of the molecule is Cc1nn(C)c(C)c1OCC(=O)c1cc(C)n(C2CC2)c1C. The van der Waals surface area contributed by atoms with Crippen molar-refractivity contribution >= 4 is 5.78 Å². The molecule has 0 aliphatic heterocycles. The largest absolute Gasteiger partial charge is 0.482 e. The minimum absolute atomic E-state index is 0.0302. The number of hydrogen-bond acceptors (Lipinski definition) is 3. The van der Waals surface area contributed by atoms with Crippen molar-refractivity contribution in [1.82, 2.24) is 14.3 Å². The van der Waals surface area contributed by atoms with E-state index in [4.69, 9.17) is 4.74 Å². The first-order valence-electron chi connectivity index (χ1n) is 7.74. The van der Waals surface area contributed by atoms with Crippen molar-refractivity contribution in [2.45, 2.75) is 46.6 Å². The molecule has 0 radical (unpaired) electrons. The van der Waals surface area contributed by atoms with E-state index < -0.39 is 0 Å².